The summed E-state index contributed by atoms with van der Waals surface area (Å²) in [5, 5.41) is 0.682. The predicted molar refractivity (Wildman–Crippen MR) is 78.3 cm³/mol. The van der Waals surface area contributed by atoms with Gasteiger partial charge < -0.3 is 14.4 Å². The molecule has 0 radical (unpaired) electrons. The average molecular weight is 298 g/mol. The molecule has 1 saturated heterocycles. The highest BCUT2D eigenvalue weighted by atomic mass is 35.5. The summed E-state index contributed by atoms with van der Waals surface area (Å²) in [6, 6.07) is 5.38. The number of amides is 1. The molecule has 1 aliphatic heterocycles. The summed E-state index contributed by atoms with van der Waals surface area (Å²) in [6.07, 6.45) is 0.862. The van der Waals surface area contributed by atoms with Crippen LogP contribution in [0.3, 0.4) is 0 Å². The van der Waals surface area contributed by atoms with Crippen LogP contribution in [0.25, 0.3) is 0 Å². The molecule has 0 N–H and O–H groups in total. The molecule has 1 aromatic carbocycles. The van der Waals surface area contributed by atoms with Gasteiger partial charge in [0.05, 0.1) is 12.7 Å². The third-order valence-corrected chi connectivity index (χ3v) is 3.90. The number of benzene rings is 1. The zero-order valence-electron chi connectivity index (χ0n) is 11.9. The molecule has 110 valence electrons. The minimum Gasteiger partial charge on any atom is -0.385 e. The van der Waals surface area contributed by atoms with Crippen molar-refractivity contribution in [1.82, 2.24) is 4.90 Å². The number of aryl methyl sites for hydroxylation is 1. The van der Waals surface area contributed by atoms with E-state index in [-0.39, 0.29) is 12.0 Å². The second kappa shape index (κ2) is 7.07. The molecule has 20 heavy (non-hydrogen) atoms. The number of morpholine rings is 1. The van der Waals surface area contributed by atoms with Crippen molar-refractivity contribution in [1.29, 1.82) is 0 Å². The molecule has 1 aliphatic rings. The predicted octanol–water partition coefficient (Wildman–Crippen LogP) is 2.53. The molecule has 0 aromatic heterocycles. The number of hydrogen-bond acceptors (Lipinski definition) is 3. The second-order valence-electron chi connectivity index (χ2n) is 4.99. The number of hydrogen-bond donors (Lipinski definition) is 0. The number of rotatable bonds is 4. The van der Waals surface area contributed by atoms with Gasteiger partial charge >= 0.3 is 0 Å². The zero-order chi connectivity index (χ0) is 14.5. The van der Waals surface area contributed by atoms with E-state index in [9.17, 15) is 4.79 Å². The van der Waals surface area contributed by atoms with E-state index in [0.717, 1.165) is 12.0 Å². The number of carbonyl (C=O) groups is 1. The van der Waals surface area contributed by atoms with Gasteiger partial charge in [-0.2, -0.15) is 0 Å². The quantitative estimate of drug-likeness (QED) is 0.857. The third-order valence-electron chi connectivity index (χ3n) is 3.47. The summed E-state index contributed by atoms with van der Waals surface area (Å²) >= 11 is 5.99. The standard InChI is InChI=1S/C15H20ClNO3/c1-11-9-12(3-4-14(11)16)15(18)17-6-8-20-13(10-17)5-7-19-2/h3-4,9,13H,5-8,10H2,1-2H3/t13-/m1/s1. The Kier molecular flexibility index (Phi) is 5.40. The molecule has 0 unspecified atom stereocenters. The van der Waals surface area contributed by atoms with E-state index < -0.39 is 0 Å². The molecule has 5 heteroatoms. The topological polar surface area (TPSA) is 38.8 Å². The lowest BCUT2D eigenvalue weighted by molar-refractivity contribution is -0.0332. The molecule has 0 aliphatic carbocycles. The summed E-state index contributed by atoms with van der Waals surface area (Å²) in [4.78, 5) is 14.3. The number of ether oxygens (including phenoxy) is 2. The van der Waals surface area contributed by atoms with Crippen LogP contribution in [-0.4, -0.2) is 50.3 Å². The summed E-state index contributed by atoms with van der Waals surface area (Å²) in [7, 11) is 1.67. The van der Waals surface area contributed by atoms with E-state index in [1.165, 1.54) is 0 Å². The van der Waals surface area contributed by atoms with E-state index in [1.807, 2.05) is 17.9 Å². The monoisotopic (exact) mass is 297 g/mol. The van der Waals surface area contributed by atoms with Crippen molar-refractivity contribution >= 4 is 17.5 Å². The van der Waals surface area contributed by atoms with Gasteiger partial charge in [0.2, 0.25) is 0 Å². The molecule has 1 fully saturated rings. The smallest absolute Gasteiger partial charge is 0.254 e. The first kappa shape index (κ1) is 15.3. The van der Waals surface area contributed by atoms with Gasteiger partial charge in [0, 0.05) is 37.4 Å². The van der Waals surface area contributed by atoms with Crippen molar-refractivity contribution in [2.24, 2.45) is 0 Å². The highest BCUT2D eigenvalue weighted by Crippen LogP contribution is 2.19. The van der Waals surface area contributed by atoms with Crippen molar-refractivity contribution in [3.63, 3.8) is 0 Å². The van der Waals surface area contributed by atoms with Gasteiger partial charge in [0.1, 0.15) is 0 Å². The average Bonchev–Trinajstić information content (AvgIpc) is 2.47. The minimum atomic E-state index is 0.0375. The maximum atomic E-state index is 12.5. The lowest BCUT2D eigenvalue weighted by Gasteiger charge is -2.33. The Morgan fingerprint density at radius 2 is 2.35 bits per heavy atom. The first-order valence-corrected chi connectivity index (χ1v) is 7.15. The highest BCUT2D eigenvalue weighted by molar-refractivity contribution is 6.31. The number of carbonyl (C=O) groups excluding carboxylic acids is 1. The van der Waals surface area contributed by atoms with Gasteiger partial charge in [-0.15, -0.1) is 0 Å². The Bertz CT molecular complexity index is 478. The summed E-state index contributed by atoms with van der Waals surface area (Å²) < 4.78 is 10.7. The fourth-order valence-electron chi connectivity index (χ4n) is 2.29. The van der Waals surface area contributed by atoms with Crippen LogP contribution in [0.2, 0.25) is 5.02 Å². The van der Waals surface area contributed by atoms with Crippen LogP contribution < -0.4 is 0 Å². The molecule has 4 nitrogen and oxygen atoms in total. The Morgan fingerprint density at radius 1 is 1.55 bits per heavy atom. The van der Waals surface area contributed by atoms with Crippen LogP contribution in [0, 0.1) is 6.92 Å². The van der Waals surface area contributed by atoms with E-state index in [0.29, 0.717) is 36.9 Å². The Balaban J connectivity index is 2.02. The van der Waals surface area contributed by atoms with Crippen LogP contribution in [0.4, 0.5) is 0 Å². The van der Waals surface area contributed by atoms with Gasteiger partial charge in [-0.25, -0.2) is 0 Å². The molecule has 1 heterocycles. The molecule has 0 saturated carbocycles. The van der Waals surface area contributed by atoms with Gasteiger partial charge in [0.25, 0.3) is 5.91 Å². The first-order chi connectivity index (χ1) is 9.61. The van der Waals surface area contributed by atoms with Crippen molar-refractivity contribution in [2.75, 3.05) is 33.4 Å². The maximum Gasteiger partial charge on any atom is 0.254 e. The van der Waals surface area contributed by atoms with Crippen molar-refractivity contribution < 1.29 is 14.3 Å². The lowest BCUT2D eigenvalue weighted by Crippen LogP contribution is -2.46. The van der Waals surface area contributed by atoms with Crippen LogP contribution in [-0.2, 0) is 9.47 Å². The number of methoxy groups -OCH3 is 1. The van der Waals surface area contributed by atoms with Crippen molar-refractivity contribution in [3.8, 4) is 0 Å². The molecule has 0 spiro atoms. The Labute approximate surface area is 124 Å². The molecule has 0 bridgehead atoms. The molecular formula is C15H20ClNO3. The number of halogens is 1. The summed E-state index contributed by atoms with van der Waals surface area (Å²) in [5.74, 6) is 0.0375. The normalized spacial score (nSPS) is 19.1. The maximum absolute atomic E-state index is 12.5. The SMILES string of the molecule is COCC[C@@H]1CN(C(=O)c2ccc(Cl)c(C)c2)CCO1. The molecular weight excluding hydrogens is 278 g/mol. The fourth-order valence-corrected chi connectivity index (χ4v) is 2.41. The van der Waals surface area contributed by atoms with Crippen molar-refractivity contribution in [3.05, 3.63) is 34.3 Å². The first-order valence-electron chi connectivity index (χ1n) is 6.77. The summed E-state index contributed by atoms with van der Waals surface area (Å²) in [6.45, 7) is 4.37. The molecule has 1 aromatic rings. The molecule has 1 amide bonds. The third kappa shape index (κ3) is 3.72. The Morgan fingerprint density at radius 3 is 3.05 bits per heavy atom. The molecule has 2 rings (SSSR count). The zero-order valence-corrected chi connectivity index (χ0v) is 12.7. The minimum absolute atomic E-state index is 0.0375. The molecule has 1 atom stereocenters. The van der Waals surface area contributed by atoms with Crippen LogP contribution >= 0.6 is 11.6 Å². The van der Waals surface area contributed by atoms with Crippen LogP contribution in [0.5, 0.6) is 0 Å². The van der Waals surface area contributed by atoms with E-state index >= 15 is 0 Å². The van der Waals surface area contributed by atoms with Gasteiger partial charge in [-0.05, 0) is 37.1 Å². The fraction of sp³-hybridized carbons (Fsp3) is 0.533. The lowest BCUT2D eigenvalue weighted by atomic mass is 10.1. The van der Waals surface area contributed by atoms with Crippen molar-refractivity contribution in [2.45, 2.75) is 19.4 Å². The van der Waals surface area contributed by atoms with E-state index in [4.69, 9.17) is 21.1 Å². The van der Waals surface area contributed by atoms with Gasteiger partial charge in [-0.3, -0.25) is 4.79 Å². The Hall–Kier alpha value is -1.10. The van der Waals surface area contributed by atoms with Crippen LogP contribution in [0.15, 0.2) is 18.2 Å². The second-order valence-corrected chi connectivity index (χ2v) is 5.40. The van der Waals surface area contributed by atoms with Gasteiger partial charge in [-0.1, -0.05) is 11.6 Å². The number of nitrogens with zero attached hydrogens (tertiary/aromatic N) is 1. The van der Waals surface area contributed by atoms with Gasteiger partial charge in [0.15, 0.2) is 0 Å². The highest BCUT2D eigenvalue weighted by Gasteiger charge is 2.24. The largest absolute Gasteiger partial charge is 0.385 e. The summed E-state index contributed by atoms with van der Waals surface area (Å²) in [5.41, 5.74) is 1.60. The van der Waals surface area contributed by atoms with E-state index in [1.54, 1.807) is 19.2 Å². The van der Waals surface area contributed by atoms with Crippen LogP contribution in [0.1, 0.15) is 22.3 Å². The van der Waals surface area contributed by atoms with E-state index in [2.05, 4.69) is 0 Å².